The average Bonchev–Trinajstić information content (AvgIpc) is 2.40. The van der Waals surface area contributed by atoms with Gasteiger partial charge in [-0.2, -0.15) is 0 Å². The molecule has 0 bridgehead atoms. The van der Waals surface area contributed by atoms with Crippen LogP contribution in [0.15, 0.2) is 11.8 Å². The third-order valence-electron chi connectivity index (χ3n) is 4.87. The van der Waals surface area contributed by atoms with E-state index in [0.29, 0.717) is 11.2 Å². The maximum Gasteiger partial charge on any atom is 0.157 e. The van der Waals surface area contributed by atoms with Gasteiger partial charge < -0.3 is 10.2 Å². The Bertz CT molecular complexity index is 350. The molecular weight excluding hydrogens is 224 g/mol. The molecule has 3 heteroatoms. The minimum absolute atomic E-state index is 0.324. The first-order valence-electron chi connectivity index (χ1n) is 7.47. The van der Waals surface area contributed by atoms with E-state index in [1.165, 1.54) is 37.8 Å². The van der Waals surface area contributed by atoms with E-state index in [0.717, 1.165) is 39.0 Å². The van der Waals surface area contributed by atoms with Crippen molar-refractivity contribution >= 4 is 5.78 Å². The van der Waals surface area contributed by atoms with Gasteiger partial charge in [-0.15, -0.1) is 0 Å². The Morgan fingerprint density at radius 1 is 1.06 bits per heavy atom. The predicted molar refractivity (Wildman–Crippen MR) is 72.3 cm³/mol. The quantitative estimate of drug-likeness (QED) is 0.771. The number of carbonyl (C=O) groups is 1. The van der Waals surface area contributed by atoms with Gasteiger partial charge in [0.2, 0.25) is 0 Å². The highest BCUT2D eigenvalue weighted by Gasteiger charge is 2.38. The van der Waals surface area contributed by atoms with Crippen LogP contribution in [0.4, 0.5) is 0 Å². The van der Waals surface area contributed by atoms with Crippen LogP contribution in [0.3, 0.4) is 0 Å². The van der Waals surface area contributed by atoms with Crippen molar-refractivity contribution in [2.75, 3.05) is 26.2 Å². The van der Waals surface area contributed by atoms with Gasteiger partial charge in [0, 0.05) is 44.4 Å². The first kappa shape index (κ1) is 12.2. The molecule has 1 spiro atoms. The molecule has 0 aromatic rings. The maximum atomic E-state index is 12.1. The molecular formula is C15H24N2O. The predicted octanol–water partition coefficient (Wildman–Crippen LogP) is 2.09. The molecule has 1 aliphatic heterocycles. The number of ketones is 1. The Kier molecular flexibility index (Phi) is 3.42. The topological polar surface area (TPSA) is 32.3 Å². The second kappa shape index (κ2) is 5.04. The number of hydrogen-bond acceptors (Lipinski definition) is 3. The summed E-state index contributed by atoms with van der Waals surface area (Å²) in [6, 6.07) is 0. The van der Waals surface area contributed by atoms with Crippen LogP contribution in [0.2, 0.25) is 0 Å². The summed E-state index contributed by atoms with van der Waals surface area (Å²) >= 11 is 0. The number of hydrogen-bond donors (Lipinski definition) is 1. The van der Waals surface area contributed by atoms with Crippen LogP contribution in [0.25, 0.3) is 0 Å². The number of allylic oxidation sites excluding steroid dienone is 2. The van der Waals surface area contributed by atoms with E-state index in [1.54, 1.807) is 0 Å². The van der Waals surface area contributed by atoms with E-state index in [1.807, 2.05) is 6.08 Å². The number of nitrogens with zero attached hydrogens (tertiary/aromatic N) is 1. The van der Waals surface area contributed by atoms with E-state index in [2.05, 4.69) is 10.2 Å². The first-order valence-corrected chi connectivity index (χ1v) is 7.47. The molecule has 3 aliphatic rings. The fraction of sp³-hybridized carbons (Fsp3) is 0.800. The number of nitrogens with one attached hydrogen (secondary N) is 1. The number of piperazine rings is 1. The van der Waals surface area contributed by atoms with Crippen LogP contribution in [0, 0.1) is 5.41 Å². The molecule has 0 radical (unpaired) electrons. The van der Waals surface area contributed by atoms with E-state index in [9.17, 15) is 4.79 Å². The van der Waals surface area contributed by atoms with Gasteiger partial charge >= 0.3 is 0 Å². The average molecular weight is 248 g/mol. The molecule has 0 aromatic heterocycles. The lowest BCUT2D eigenvalue weighted by atomic mass is 9.66. The van der Waals surface area contributed by atoms with Gasteiger partial charge in [-0.1, -0.05) is 19.3 Å². The third-order valence-corrected chi connectivity index (χ3v) is 4.87. The zero-order valence-corrected chi connectivity index (χ0v) is 11.2. The molecule has 2 fully saturated rings. The van der Waals surface area contributed by atoms with E-state index >= 15 is 0 Å². The van der Waals surface area contributed by atoms with Crippen molar-refractivity contribution in [3.05, 3.63) is 11.8 Å². The van der Waals surface area contributed by atoms with Crippen LogP contribution in [-0.2, 0) is 4.79 Å². The lowest BCUT2D eigenvalue weighted by Crippen LogP contribution is -2.45. The molecule has 18 heavy (non-hydrogen) atoms. The summed E-state index contributed by atoms with van der Waals surface area (Å²) in [6.45, 7) is 4.24. The summed E-state index contributed by atoms with van der Waals surface area (Å²) in [5.41, 5.74) is 1.65. The Balaban J connectivity index is 1.75. The zero-order valence-electron chi connectivity index (χ0n) is 11.2. The Labute approximate surface area is 110 Å². The second-order valence-electron chi connectivity index (χ2n) is 6.25. The molecule has 0 amide bonds. The van der Waals surface area contributed by atoms with Gasteiger partial charge in [0.05, 0.1) is 0 Å². The molecule has 3 nitrogen and oxygen atoms in total. The van der Waals surface area contributed by atoms with Crippen LogP contribution < -0.4 is 5.32 Å². The van der Waals surface area contributed by atoms with Gasteiger partial charge in [0.25, 0.3) is 0 Å². The van der Waals surface area contributed by atoms with Crippen LogP contribution >= 0.6 is 0 Å². The smallest absolute Gasteiger partial charge is 0.157 e. The molecule has 3 rings (SSSR count). The molecule has 1 heterocycles. The SMILES string of the molecule is O=C1C=C(N2CCNCC2)CC2(CCCCC2)C1. The van der Waals surface area contributed by atoms with Crippen molar-refractivity contribution in [3.8, 4) is 0 Å². The molecule has 0 atom stereocenters. The highest BCUT2D eigenvalue weighted by molar-refractivity contribution is 5.91. The van der Waals surface area contributed by atoms with Gasteiger partial charge in [-0.05, 0) is 24.7 Å². The summed E-state index contributed by atoms with van der Waals surface area (Å²) in [7, 11) is 0. The van der Waals surface area contributed by atoms with Crippen LogP contribution in [0.1, 0.15) is 44.9 Å². The van der Waals surface area contributed by atoms with Crippen molar-refractivity contribution in [1.29, 1.82) is 0 Å². The summed E-state index contributed by atoms with van der Waals surface area (Å²) in [5, 5.41) is 3.38. The van der Waals surface area contributed by atoms with Crippen molar-refractivity contribution in [1.82, 2.24) is 10.2 Å². The minimum Gasteiger partial charge on any atom is -0.372 e. The molecule has 0 aromatic carbocycles. The second-order valence-corrected chi connectivity index (χ2v) is 6.25. The van der Waals surface area contributed by atoms with Gasteiger partial charge in [-0.3, -0.25) is 4.79 Å². The summed E-state index contributed by atoms with van der Waals surface area (Å²) < 4.78 is 0. The molecule has 1 saturated carbocycles. The maximum absolute atomic E-state index is 12.1. The highest BCUT2D eigenvalue weighted by Crippen LogP contribution is 2.47. The summed E-state index contributed by atoms with van der Waals surface area (Å²) in [5.74, 6) is 0.372. The standard InChI is InChI=1S/C15H24N2O/c18-14-10-13(17-8-6-16-7-9-17)11-15(12-14)4-2-1-3-5-15/h10,16H,1-9,11-12H2. The van der Waals surface area contributed by atoms with Crippen molar-refractivity contribution in [3.63, 3.8) is 0 Å². The Morgan fingerprint density at radius 3 is 2.50 bits per heavy atom. The first-order chi connectivity index (χ1) is 8.77. The van der Waals surface area contributed by atoms with Gasteiger partial charge in [0.1, 0.15) is 0 Å². The normalized spacial score (nSPS) is 28.3. The van der Waals surface area contributed by atoms with E-state index in [4.69, 9.17) is 0 Å². The fourth-order valence-corrected chi connectivity index (χ4v) is 3.91. The third kappa shape index (κ3) is 2.46. The Hall–Kier alpha value is -0.830. The van der Waals surface area contributed by atoms with E-state index in [-0.39, 0.29) is 0 Å². The van der Waals surface area contributed by atoms with Crippen molar-refractivity contribution in [2.45, 2.75) is 44.9 Å². The van der Waals surface area contributed by atoms with Crippen molar-refractivity contribution in [2.24, 2.45) is 5.41 Å². The van der Waals surface area contributed by atoms with Crippen molar-refractivity contribution < 1.29 is 4.79 Å². The van der Waals surface area contributed by atoms with E-state index < -0.39 is 0 Å². The molecule has 1 N–H and O–H groups in total. The monoisotopic (exact) mass is 248 g/mol. The Morgan fingerprint density at radius 2 is 1.78 bits per heavy atom. The van der Waals surface area contributed by atoms with Gasteiger partial charge in [-0.25, -0.2) is 0 Å². The van der Waals surface area contributed by atoms with Gasteiger partial charge in [0.15, 0.2) is 5.78 Å². The minimum atomic E-state index is 0.324. The molecule has 100 valence electrons. The van der Waals surface area contributed by atoms with Crippen LogP contribution in [-0.4, -0.2) is 36.9 Å². The molecule has 2 aliphatic carbocycles. The highest BCUT2D eigenvalue weighted by atomic mass is 16.1. The lowest BCUT2D eigenvalue weighted by Gasteiger charge is -2.43. The summed E-state index contributed by atoms with van der Waals surface area (Å²) in [6.07, 6.45) is 10.4. The lowest BCUT2D eigenvalue weighted by molar-refractivity contribution is -0.118. The number of rotatable bonds is 1. The largest absolute Gasteiger partial charge is 0.372 e. The molecule has 0 unspecified atom stereocenters. The summed E-state index contributed by atoms with van der Waals surface area (Å²) in [4.78, 5) is 14.5. The number of carbonyl (C=O) groups excluding carboxylic acids is 1. The van der Waals surface area contributed by atoms with Crippen LogP contribution in [0.5, 0.6) is 0 Å². The zero-order chi connectivity index (χ0) is 12.4. The fourth-order valence-electron chi connectivity index (χ4n) is 3.91. The molecule has 1 saturated heterocycles.